The summed E-state index contributed by atoms with van der Waals surface area (Å²) in [6.45, 7) is 4.89. The molecule has 0 radical (unpaired) electrons. The van der Waals surface area contributed by atoms with Crippen molar-refractivity contribution < 1.29 is 9.53 Å². The zero-order valence-electron chi connectivity index (χ0n) is 13.0. The molecule has 21 heavy (non-hydrogen) atoms. The number of piperidine rings is 1. The molecule has 1 heterocycles. The van der Waals surface area contributed by atoms with E-state index in [-0.39, 0.29) is 6.09 Å². The van der Waals surface area contributed by atoms with Gasteiger partial charge in [-0.1, -0.05) is 37.3 Å². The lowest BCUT2D eigenvalue weighted by Crippen LogP contribution is -2.45. The summed E-state index contributed by atoms with van der Waals surface area (Å²) in [7, 11) is 1.44. The highest BCUT2D eigenvalue weighted by Gasteiger charge is 2.22. The summed E-state index contributed by atoms with van der Waals surface area (Å²) in [6, 6.07) is 11.1. The van der Waals surface area contributed by atoms with Crippen molar-refractivity contribution in [2.75, 3.05) is 26.7 Å². The standard InChI is InChI=1S/C17H26N2O2/c1-14(12-15-6-4-3-5-7-15)13-18-16-8-10-19(11-9-16)17(20)21-2/h3-7,14,16,18H,8-13H2,1-2H3. The average Bonchev–Trinajstić information content (AvgIpc) is 2.53. The zero-order valence-corrected chi connectivity index (χ0v) is 13.0. The molecule has 1 unspecified atom stereocenters. The Morgan fingerprint density at radius 1 is 1.33 bits per heavy atom. The van der Waals surface area contributed by atoms with Crippen LogP contribution < -0.4 is 5.32 Å². The predicted molar refractivity (Wildman–Crippen MR) is 84.3 cm³/mol. The fraction of sp³-hybridized carbons (Fsp3) is 0.588. The number of methoxy groups -OCH3 is 1. The molecule has 1 aromatic carbocycles. The number of carbonyl (C=O) groups excluding carboxylic acids is 1. The predicted octanol–water partition coefficient (Wildman–Crippen LogP) is 2.69. The van der Waals surface area contributed by atoms with E-state index < -0.39 is 0 Å². The van der Waals surface area contributed by atoms with Gasteiger partial charge in [0.25, 0.3) is 0 Å². The second-order valence-corrected chi connectivity index (χ2v) is 5.93. The highest BCUT2D eigenvalue weighted by atomic mass is 16.5. The molecule has 116 valence electrons. The van der Waals surface area contributed by atoms with Gasteiger partial charge < -0.3 is 15.0 Å². The van der Waals surface area contributed by atoms with Gasteiger partial charge in [-0.25, -0.2) is 4.79 Å². The van der Waals surface area contributed by atoms with Crippen molar-refractivity contribution in [3.8, 4) is 0 Å². The minimum absolute atomic E-state index is 0.203. The summed E-state index contributed by atoms with van der Waals surface area (Å²) in [6.07, 6.45) is 2.92. The maximum atomic E-state index is 11.4. The third-order valence-corrected chi connectivity index (χ3v) is 4.11. The Hall–Kier alpha value is -1.55. The van der Waals surface area contributed by atoms with Gasteiger partial charge >= 0.3 is 6.09 Å². The Labute approximate surface area is 127 Å². The molecule has 4 heteroatoms. The molecule has 1 aromatic rings. The molecule has 0 aliphatic carbocycles. The van der Waals surface area contributed by atoms with Crippen molar-refractivity contribution in [1.82, 2.24) is 10.2 Å². The quantitative estimate of drug-likeness (QED) is 0.906. The molecular weight excluding hydrogens is 264 g/mol. The topological polar surface area (TPSA) is 41.6 Å². The van der Waals surface area contributed by atoms with Gasteiger partial charge in [0.05, 0.1) is 7.11 Å². The summed E-state index contributed by atoms with van der Waals surface area (Å²) in [5.74, 6) is 0.617. The van der Waals surface area contributed by atoms with E-state index in [0.717, 1.165) is 38.9 Å². The van der Waals surface area contributed by atoms with E-state index in [1.165, 1.54) is 12.7 Å². The lowest BCUT2D eigenvalue weighted by molar-refractivity contribution is 0.109. The summed E-state index contributed by atoms with van der Waals surface area (Å²) in [5, 5.41) is 3.64. The van der Waals surface area contributed by atoms with Gasteiger partial charge in [0.15, 0.2) is 0 Å². The number of hydrogen-bond donors (Lipinski definition) is 1. The lowest BCUT2D eigenvalue weighted by Gasteiger charge is -2.32. The molecule has 1 amide bonds. The normalized spacial score (nSPS) is 17.5. The van der Waals surface area contributed by atoms with Crippen LogP contribution in [-0.4, -0.2) is 43.8 Å². The molecular formula is C17H26N2O2. The second-order valence-electron chi connectivity index (χ2n) is 5.93. The van der Waals surface area contributed by atoms with Crippen LogP contribution in [0.2, 0.25) is 0 Å². The van der Waals surface area contributed by atoms with Crippen molar-refractivity contribution in [1.29, 1.82) is 0 Å². The Kier molecular flexibility index (Phi) is 6.05. The first-order valence-electron chi connectivity index (χ1n) is 7.79. The Morgan fingerprint density at radius 3 is 2.62 bits per heavy atom. The van der Waals surface area contributed by atoms with Gasteiger partial charge in [0.2, 0.25) is 0 Å². The van der Waals surface area contributed by atoms with E-state index in [1.54, 1.807) is 4.90 Å². The maximum absolute atomic E-state index is 11.4. The number of carbonyl (C=O) groups is 1. The first-order valence-corrected chi connectivity index (χ1v) is 7.79. The molecule has 1 N–H and O–H groups in total. The van der Waals surface area contributed by atoms with Gasteiger partial charge in [-0.2, -0.15) is 0 Å². The number of rotatable bonds is 5. The summed E-state index contributed by atoms with van der Waals surface area (Å²) in [5.41, 5.74) is 1.40. The van der Waals surface area contributed by atoms with Crippen molar-refractivity contribution in [2.24, 2.45) is 5.92 Å². The van der Waals surface area contributed by atoms with Crippen LogP contribution in [0.25, 0.3) is 0 Å². The van der Waals surface area contributed by atoms with E-state index >= 15 is 0 Å². The van der Waals surface area contributed by atoms with Crippen LogP contribution in [0.5, 0.6) is 0 Å². The summed E-state index contributed by atoms with van der Waals surface area (Å²) >= 11 is 0. The van der Waals surface area contributed by atoms with Crippen LogP contribution in [-0.2, 0) is 11.2 Å². The Balaban J connectivity index is 1.66. The fourth-order valence-electron chi connectivity index (χ4n) is 2.85. The maximum Gasteiger partial charge on any atom is 0.409 e. The van der Waals surface area contributed by atoms with E-state index in [9.17, 15) is 4.79 Å². The minimum Gasteiger partial charge on any atom is -0.453 e. The molecule has 1 fully saturated rings. The van der Waals surface area contributed by atoms with Crippen LogP contribution in [0, 0.1) is 5.92 Å². The molecule has 1 aliphatic rings. The average molecular weight is 290 g/mol. The molecule has 0 spiro atoms. The van der Waals surface area contributed by atoms with E-state index in [0.29, 0.717) is 12.0 Å². The van der Waals surface area contributed by atoms with Gasteiger partial charge in [-0.05, 0) is 37.3 Å². The van der Waals surface area contributed by atoms with E-state index in [4.69, 9.17) is 4.74 Å². The highest BCUT2D eigenvalue weighted by molar-refractivity contribution is 5.67. The summed E-state index contributed by atoms with van der Waals surface area (Å²) < 4.78 is 4.76. The number of nitrogens with one attached hydrogen (secondary N) is 1. The molecule has 1 aliphatic heterocycles. The third-order valence-electron chi connectivity index (χ3n) is 4.11. The number of nitrogens with zero attached hydrogens (tertiary/aromatic N) is 1. The smallest absolute Gasteiger partial charge is 0.409 e. The monoisotopic (exact) mass is 290 g/mol. The first kappa shape index (κ1) is 15.8. The summed E-state index contributed by atoms with van der Waals surface area (Å²) in [4.78, 5) is 13.2. The van der Waals surface area contributed by atoms with Crippen LogP contribution in [0.4, 0.5) is 4.79 Å². The number of ether oxygens (including phenoxy) is 1. The molecule has 0 aromatic heterocycles. The largest absolute Gasteiger partial charge is 0.453 e. The van der Waals surface area contributed by atoms with Crippen LogP contribution in [0.15, 0.2) is 30.3 Å². The lowest BCUT2D eigenvalue weighted by atomic mass is 9.99. The number of amides is 1. The van der Waals surface area contributed by atoms with Gasteiger partial charge in [0.1, 0.15) is 0 Å². The Bertz CT molecular complexity index is 428. The Morgan fingerprint density at radius 2 is 2.00 bits per heavy atom. The third kappa shape index (κ3) is 5.05. The molecule has 2 rings (SSSR count). The van der Waals surface area contributed by atoms with Crippen molar-refractivity contribution >= 4 is 6.09 Å². The van der Waals surface area contributed by atoms with Crippen molar-refractivity contribution in [2.45, 2.75) is 32.2 Å². The van der Waals surface area contributed by atoms with E-state index in [2.05, 4.69) is 42.6 Å². The molecule has 0 bridgehead atoms. The highest BCUT2D eigenvalue weighted by Crippen LogP contribution is 2.13. The SMILES string of the molecule is COC(=O)N1CCC(NCC(C)Cc2ccccc2)CC1. The number of hydrogen-bond acceptors (Lipinski definition) is 3. The van der Waals surface area contributed by atoms with Crippen molar-refractivity contribution in [3.63, 3.8) is 0 Å². The fourth-order valence-corrected chi connectivity index (χ4v) is 2.85. The van der Waals surface area contributed by atoms with E-state index in [1.807, 2.05) is 0 Å². The number of likely N-dealkylation sites (tertiary alicyclic amines) is 1. The molecule has 0 saturated carbocycles. The first-order chi connectivity index (χ1) is 10.2. The van der Waals surface area contributed by atoms with Crippen molar-refractivity contribution in [3.05, 3.63) is 35.9 Å². The number of benzene rings is 1. The van der Waals surface area contributed by atoms with Gasteiger partial charge in [-0.3, -0.25) is 0 Å². The molecule has 1 atom stereocenters. The van der Waals surface area contributed by atoms with Crippen LogP contribution in [0.3, 0.4) is 0 Å². The second kappa shape index (κ2) is 8.03. The van der Waals surface area contributed by atoms with Crippen LogP contribution in [0.1, 0.15) is 25.3 Å². The molecule has 4 nitrogen and oxygen atoms in total. The van der Waals surface area contributed by atoms with Crippen LogP contribution >= 0.6 is 0 Å². The zero-order chi connectivity index (χ0) is 15.1. The molecule has 1 saturated heterocycles. The minimum atomic E-state index is -0.203. The van der Waals surface area contributed by atoms with Gasteiger partial charge in [0, 0.05) is 19.1 Å². The van der Waals surface area contributed by atoms with Gasteiger partial charge in [-0.15, -0.1) is 0 Å².